The molecule has 1 aliphatic carbocycles. The van der Waals surface area contributed by atoms with Crippen LogP contribution < -0.4 is 5.32 Å². The Morgan fingerprint density at radius 2 is 2.00 bits per heavy atom. The fourth-order valence-electron chi connectivity index (χ4n) is 2.28. The number of carboxylic acid groups (broad SMARTS) is 1. The Morgan fingerprint density at radius 3 is 2.57 bits per heavy atom. The van der Waals surface area contributed by atoms with E-state index in [9.17, 15) is 14.4 Å². The van der Waals surface area contributed by atoms with E-state index >= 15 is 0 Å². The molecule has 1 aromatic carbocycles. The molecule has 2 unspecified atom stereocenters. The van der Waals surface area contributed by atoms with Crippen molar-refractivity contribution >= 4 is 17.8 Å². The number of hydrogen-bond donors (Lipinski definition) is 2. The summed E-state index contributed by atoms with van der Waals surface area (Å²) in [6.07, 6.45) is 0.320. The number of hydrogen-bond acceptors (Lipinski definition) is 4. The van der Waals surface area contributed by atoms with Gasteiger partial charge in [0, 0.05) is 5.92 Å². The molecule has 6 heteroatoms. The second-order valence-electron chi connectivity index (χ2n) is 5.04. The van der Waals surface area contributed by atoms with Crippen LogP contribution in [0.25, 0.3) is 0 Å². The smallest absolute Gasteiger partial charge is 0.326 e. The molecule has 6 nitrogen and oxygen atoms in total. The van der Waals surface area contributed by atoms with Crippen LogP contribution in [0, 0.1) is 5.92 Å². The summed E-state index contributed by atoms with van der Waals surface area (Å²) in [6, 6.07) is 8.35. The zero-order valence-electron chi connectivity index (χ0n) is 11.6. The third-order valence-electron chi connectivity index (χ3n) is 3.57. The van der Waals surface area contributed by atoms with Gasteiger partial charge in [0.15, 0.2) is 0 Å². The lowest BCUT2D eigenvalue weighted by atomic mass is 10.1. The molecule has 3 atom stereocenters. The van der Waals surface area contributed by atoms with Crippen LogP contribution in [0.1, 0.15) is 24.3 Å². The number of amides is 1. The maximum atomic E-state index is 12.0. The van der Waals surface area contributed by atoms with Crippen LogP contribution in [0.2, 0.25) is 0 Å². The summed E-state index contributed by atoms with van der Waals surface area (Å²) in [5.41, 5.74) is 1.07. The van der Waals surface area contributed by atoms with Crippen LogP contribution in [0.4, 0.5) is 0 Å². The molecular weight excluding hydrogens is 274 g/mol. The largest absolute Gasteiger partial charge is 0.480 e. The van der Waals surface area contributed by atoms with E-state index in [2.05, 4.69) is 10.1 Å². The molecule has 0 aliphatic heterocycles. The molecule has 0 radical (unpaired) electrons. The first kappa shape index (κ1) is 15.0. The second kappa shape index (κ2) is 6.39. The fourth-order valence-corrected chi connectivity index (χ4v) is 2.28. The number of esters is 1. The molecular formula is C15H17NO5. The minimum Gasteiger partial charge on any atom is -0.480 e. The summed E-state index contributed by atoms with van der Waals surface area (Å²) < 4.78 is 4.43. The Kier molecular flexibility index (Phi) is 4.57. The summed E-state index contributed by atoms with van der Waals surface area (Å²) in [4.78, 5) is 34.2. The van der Waals surface area contributed by atoms with E-state index in [4.69, 9.17) is 5.11 Å². The van der Waals surface area contributed by atoms with Crippen LogP contribution >= 0.6 is 0 Å². The van der Waals surface area contributed by atoms with Crippen molar-refractivity contribution < 1.29 is 24.2 Å². The third kappa shape index (κ3) is 3.81. The average molecular weight is 291 g/mol. The van der Waals surface area contributed by atoms with E-state index in [1.165, 1.54) is 7.11 Å². The quantitative estimate of drug-likeness (QED) is 0.760. The maximum Gasteiger partial charge on any atom is 0.326 e. The molecule has 21 heavy (non-hydrogen) atoms. The number of carbonyl (C=O) groups excluding carboxylic acids is 2. The van der Waals surface area contributed by atoms with Gasteiger partial charge in [-0.05, 0) is 17.9 Å². The first-order valence-corrected chi connectivity index (χ1v) is 6.68. The molecule has 1 aliphatic rings. The summed E-state index contributed by atoms with van der Waals surface area (Å²) in [6.45, 7) is 0. The molecule has 0 bridgehead atoms. The van der Waals surface area contributed by atoms with Gasteiger partial charge in [-0.3, -0.25) is 9.59 Å². The molecule has 0 saturated heterocycles. The van der Waals surface area contributed by atoms with Gasteiger partial charge >= 0.3 is 11.9 Å². The van der Waals surface area contributed by atoms with Crippen LogP contribution in [-0.2, 0) is 19.1 Å². The van der Waals surface area contributed by atoms with Crippen LogP contribution in [-0.4, -0.2) is 36.1 Å². The Labute approximate surface area is 122 Å². The van der Waals surface area contributed by atoms with Crippen molar-refractivity contribution in [3.05, 3.63) is 35.9 Å². The zero-order chi connectivity index (χ0) is 15.4. The van der Waals surface area contributed by atoms with E-state index < -0.39 is 18.0 Å². The van der Waals surface area contributed by atoms with Crippen molar-refractivity contribution in [2.45, 2.75) is 24.8 Å². The lowest BCUT2D eigenvalue weighted by Gasteiger charge is -2.13. The van der Waals surface area contributed by atoms with E-state index in [0.717, 1.165) is 5.56 Å². The Balaban J connectivity index is 1.92. The predicted molar refractivity (Wildman–Crippen MR) is 73.5 cm³/mol. The van der Waals surface area contributed by atoms with Gasteiger partial charge in [0.2, 0.25) is 5.91 Å². The Bertz CT molecular complexity index is 542. The minimum atomic E-state index is -1.25. The molecule has 0 spiro atoms. The Hall–Kier alpha value is -2.37. The van der Waals surface area contributed by atoms with Crippen molar-refractivity contribution in [1.29, 1.82) is 0 Å². The normalized spacial score (nSPS) is 21.2. The number of carboxylic acids is 1. The molecule has 1 amide bonds. The van der Waals surface area contributed by atoms with Gasteiger partial charge in [-0.15, -0.1) is 0 Å². The lowest BCUT2D eigenvalue weighted by Crippen LogP contribution is -2.43. The average Bonchev–Trinajstić information content (AvgIpc) is 3.27. The number of aliphatic carboxylic acids is 1. The van der Waals surface area contributed by atoms with E-state index in [1.807, 2.05) is 30.3 Å². The van der Waals surface area contributed by atoms with E-state index in [0.29, 0.717) is 6.42 Å². The molecule has 1 aromatic rings. The van der Waals surface area contributed by atoms with E-state index in [-0.39, 0.29) is 24.2 Å². The Morgan fingerprint density at radius 1 is 1.33 bits per heavy atom. The van der Waals surface area contributed by atoms with Crippen molar-refractivity contribution in [3.63, 3.8) is 0 Å². The van der Waals surface area contributed by atoms with Gasteiger partial charge in [0.25, 0.3) is 0 Å². The number of methoxy groups -OCH3 is 1. The third-order valence-corrected chi connectivity index (χ3v) is 3.57. The molecule has 0 heterocycles. The minimum absolute atomic E-state index is 0.124. The van der Waals surface area contributed by atoms with Crippen molar-refractivity contribution in [2.24, 2.45) is 5.92 Å². The number of ether oxygens (including phenoxy) is 1. The van der Waals surface area contributed by atoms with Gasteiger partial charge in [0.1, 0.15) is 6.04 Å². The van der Waals surface area contributed by atoms with Gasteiger partial charge in [-0.25, -0.2) is 4.79 Å². The predicted octanol–water partition coefficient (Wildman–Crippen LogP) is 0.923. The summed E-state index contributed by atoms with van der Waals surface area (Å²) >= 11 is 0. The molecule has 112 valence electrons. The molecule has 1 fully saturated rings. The summed E-state index contributed by atoms with van der Waals surface area (Å²) in [7, 11) is 1.18. The van der Waals surface area contributed by atoms with Gasteiger partial charge in [-0.1, -0.05) is 30.3 Å². The van der Waals surface area contributed by atoms with Crippen molar-refractivity contribution in [1.82, 2.24) is 5.32 Å². The van der Waals surface area contributed by atoms with Crippen molar-refractivity contribution in [2.75, 3.05) is 7.11 Å². The van der Waals surface area contributed by atoms with Gasteiger partial charge in [-0.2, -0.15) is 0 Å². The number of nitrogens with one attached hydrogen (secondary N) is 1. The zero-order valence-corrected chi connectivity index (χ0v) is 11.6. The topological polar surface area (TPSA) is 92.7 Å². The SMILES string of the molecule is COC(=O)C[C@H](NC(=O)C1CC1c1ccccc1)C(=O)O. The van der Waals surface area contributed by atoms with Crippen LogP contribution in [0.15, 0.2) is 30.3 Å². The molecule has 0 aromatic heterocycles. The highest BCUT2D eigenvalue weighted by Gasteiger charge is 2.44. The van der Waals surface area contributed by atoms with E-state index in [1.54, 1.807) is 0 Å². The van der Waals surface area contributed by atoms with Crippen molar-refractivity contribution in [3.8, 4) is 0 Å². The highest BCUT2D eigenvalue weighted by atomic mass is 16.5. The van der Waals surface area contributed by atoms with Crippen LogP contribution in [0.5, 0.6) is 0 Å². The summed E-state index contributed by atoms with van der Waals surface area (Å²) in [5, 5.41) is 11.4. The number of carbonyl (C=O) groups is 3. The second-order valence-corrected chi connectivity index (χ2v) is 5.04. The number of rotatable bonds is 6. The molecule has 2 rings (SSSR count). The first-order valence-electron chi connectivity index (χ1n) is 6.68. The summed E-state index contributed by atoms with van der Waals surface area (Å²) in [5.74, 6) is -2.35. The van der Waals surface area contributed by atoms with Gasteiger partial charge < -0.3 is 15.2 Å². The molecule has 1 saturated carbocycles. The standard InChI is InChI=1S/C15H17NO5/c1-21-13(17)8-12(15(19)20)16-14(18)11-7-10(11)9-5-3-2-4-6-9/h2-6,10-12H,7-8H2,1H3,(H,16,18)(H,19,20)/t10?,11?,12-/m0/s1. The number of benzene rings is 1. The fraction of sp³-hybridized carbons (Fsp3) is 0.400. The lowest BCUT2D eigenvalue weighted by molar-refractivity contribution is -0.148. The highest BCUT2D eigenvalue weighted by Crippen LogP contribution is 2.47. The molecule has 2 N–H and O–H groups in total. The first-order chi connectivity index (χ1) is 10.0. The monoisotopic (exact) mass is 291 g/mol. The highest BCUT2D eigenvalue weighted by molar-refractivity contribution is 5.89. The van der Waals surface area contributed by atoms with Gasteiger partial charge in [0.05, 0.1) is 13.5 Å². The van der Waals surface area contributed by atoms with Crippen LogP contribution in [0.3, 0.4) is 0 Å². The maximum absolute atomic E-state index is 12.0.